The van der Waals surface area contributed by atoms with E-state index in [2.05, 4.69) is 34.6 Å². The lowest BCUT2D eigenvalue weighted by atomic mass is 9.09. The van der Waals surface area contributed by atoms with E-state index >= 15 is 0 Å². The van der Waals surface area contributed by atoms with Gasteiger partial charge < -0.3 is 33.5 Å². The van der Waals surface area contributed by atoms with Gasteiger partial charge in [0.25, 0.3) is 0 Å². The van der Waals surface area contributed by atoms with Crippen LogP contribution in [-0.4, -0.2) is 87.0 Å². The zero-order chi connectivity index (χ0) is 32.7. The predicted octanol–water partition coefficient (Wildman–Crippen LogP) is 6.87. The highest BCUT2D eigenvalue weighted by molar-refractivity contribution is 5.49. The van der Waals surface area contributed by atoms with Crippen LogP contribution >= 0.6 is 0 Å². The van der Waals surface area contributed by atoms with E-state index in [9.17, 15) is 5.11 Å². The van der Waals surface area contributed by atoms with Gasteiger partial charge in [0.1, 0.15) is 0 Å². The molecule has 47 heavy (non-hydrogen) atoms. The summed E-state index contributed by atoms with van der Waals surface area (Å²) in [6.45, 7) is 17.7. The van der Waals surface area contributed by atoms with Crippen LogP contribution in [0.15, 0.2) is 0 Å². The Morgan fingerprint density at radius 2 is 1.15 bits per heavy atom. The van der Waals surface area contributed by atoms with E-state index in [-0.39, 0.29) is 45.3 Å². The number of ether oxygens (including phenoxy) is 6. The van der Waals surface area contributed by atoms with E-state index in [0.717, 1.165) is 96.9 Å². The second-order valence-corrected chi connectivity index (χ2v) is 19.4. The molecule has 8 aliphatic carbocycles. The lowest BCUT2D eigenvalue weighted by molar-refractivity contribution is -0.557. The van der Waals surface area contributed by atoms with Crippen LogP contribution in [0.5, 0.6) is 0 Å². The Morgan fingerprint density at radius 3 is 1.60 bits per heavy atom. The molecule has 0 aromatic carbocycles. The lowest BCUT2D eigenvalue weighted by Gasteiger charge is -2.98. The third-order valence-electron chi connectivity index (χ3n) is 17.7. The summed E-state index contributed by atoms with van der Waals surface area (Å²) in [5.41, 5.74) is 0.317. The van der Waals surface area contributed by atoms with Crippen molar-refractivity contribution in [3.05, 3.63) is 0 Å². The van der Waals surface area contributed by atoms with Crippen LogP contribution in [0.3, 0.4) is 0 Å². The normalized spacial score (nSPS) is 50.9. The number of hydrogen-bond donors (Lipinski definition) is 1. The summed E-state index contributed by atoms with van der Waals surface area (Å²) in [5, 5.41) is 11.1. The fourth-order valence-corrected chi connectivity index (χ4v) is 14.5. The number of hydrogen-bond acceptors (Lipinski definition) is 7. The molecule has 2 aliphatic heterocycles. The van der Waals surface area contributed by atoms with Crippen LogP contribution in [0, 0.1) is 44.3 Å². The number of aliphatic hydroxyl groups excluding tert-OH is 1. The summed E-state index contributed by atoms with van der Waals surface area (Å²) < 4.78 is 40.1. The van der Waals surface area contributed by atoms with Gasteiger partial charge in [-0.05, 0) is 106 Å². The minimum Gasteiger partial charge on any atom is -0.396 e. The summed E-state index contributed by atoms with van der Waals surface area (Å²) in [5.74, 6) is 1.42. The van der Waals surface area contributed by atoms with Crippen molar-refractivity contribution < 1.29 is 33.5 Å². The van der Waals surface area contributed by atoms with Crippen LogP contribution in [-0.2, 0) is 28.4 Å². The van der Waals surface area contributed by atoms with Crippen LogP contribution in [0.4, 0.5) is 0 Å². The number of aliphatic hydroxyl groups is 1. The highest BCUT2D eigenvalue weighted by atomic mass is 16.6. The molecule has 10 fully saturated rings. The summed E-state index contributed by atoms with van der Waals surface area (Å²) in [6, 6.07) is 0. The molecule has 7 nitrogen and oxygen atoms in total. The number of rotatable bonds is 18. The summed E-state index contributed by atoms with van der Waals surface area (Å²) in [4.78, 5) is 0. The van der Waals surface area contributed by atoms with Gasteiger partial charge >= 0.3 is 0 Å². The Bertz CT molecular complexity index is 1250. The zero-order valence-corrected chi connectivity index (χ0v) is 30.3. The molecule has 8 saturated carbocycles. The molecule has 0 aromatic heterocycles. The zero-order valence-electron chi connectivity index (χ0n) is 30.3. The lowest BCUT2D eigenvalue weighted by Crippen LogP contribution is -3.01. The quantitative estimate of drug-likeness (QED) is 0.173. The summed E-state index contributed by atoms with van der Waals surface area (Å²) in [7, 11) is 0. The summed E-state index contributed by atoms with van der Waals surface area (Å²) in [6.07, 6.45) is 16.0. The first-order valence-electron chi connectivity index (χ1n) is 19.9. The first-order chi connectivity index (χ1) is 22.5. The first-order valence-corrected chi connectivity index (χ1v) is 19.9. The summed E-state index contributed by atoms with van der Waals surface area (Å²) >= 11 is 0. The van der Waals surface area contributed by atoms with Crippen molar-refractivity contribution in [2.24, 2.45) is 44.3 Å². The van der Waals surface area contributed by atoms with Crippen LogP contribution < -0.4 is 0 Å². The average Bonchev–Trinajstić information content (AvgIpc) is 3.34. The Labute approximate surface area is 283 Å². The molecule has 0 aromatic rings. The van der Waals surface area contributed by atoms with Gasteiger partial charge in [0.05, 0.1) is 81.9 Å². The molecule has 1 N–H and O–H groups in total. The molecule has 10 unspecified atom stereocenters. The maximum absolute atomic E-state index is 11.1. The average molecular weight is 657 g/mol. The monoisotopic (exact) mass is 656 g/mol. The SMILES string of the molecule is CCC1(COC23CC4CC(CC)(C2)CC3(OCC(CC)(CO)COC23CC5CC6(OCC7(CC)COC7)CC(CC)(C2)C563)C4)COC1. The molecular formula is C40H64O7. The van der Waals surface area contributed by atoms with Crippen molar-refractivity contribution in [3.8, 4) is 0 Å². The Hall–Kier alpha value is -0.280. The maximum atomic E-state index is 11.1. The van der Waals surface area contributed by atoms with Gasteiger partial charge in [-0.2, -0.15) is 0 Å². The van der Waals surface area contributed by atoms with Crippen molar-refractivity contribution in [3.63, 3.8) is 0 Å². The molecule has 266 valence electrons. The van der Waals surface area contributed by atoms with Gasteiger partial charge in [0, 0.05) is 21.7 Å². The maximum Gasteiger partial charge on any atom is 0.0979 e. The third-order valence-corrected chi connectivity index (χ3v) is 17.7. The van der Waals surface area contributed by atoms with Crippen molar-refractivity contribution in [2.75, 3.05) is 59.5 Å². The first kappa shape index (κ1) is 32.6. The minimum absolute atomic E-state index is 0.00699. The third kappa shape index (κ3) is 3.75. The van der Waals surface area contributed by atoms with Crippen LogP contribution in [0.25, 0.3) is 0 Å². The van der Waals surface area contributed by atoms with Crippen molar-refractivity contribution in [1.29, 1.82) is 0 Å². The second kappa shape index (κ2) is 10.2. The molecule has 10 aliphatic rings. The van der Waals surface area contributed by atoms with Gasteiger partial charge in [-0.15, -0.1) is 0 Å². The molecule has 10 atom stereocenters. The molecule has 7 heteroatoms. The van der Waals surface area contributed by atoms with E-state index in [1.807, 2.05) is 0 Å². The van der Waals surface area contributed by atoms with Crippen molar-refractivity contribution in [1.82, 2.24) is 0 Å². The molecule has 10 rings (SSSR count). The molecule has 2 heterocycles. The van der Waals surface area contributed by atoms with Gasteiger partial charge in [0.2, 0.25) is 0 Å². The van der Waals surface area contributed by atoms with E-state index in [1.54, 1.807) is 0 Å². The molecule has 0 radical (unpaired) electrons. The predicted molar refractivity (Wildman–Crippen MR) is 178 cm³/mol. The van der Waals surface area contributed by atoms with E-state index < -0.39 is 5.41 Å². The van der Waals surface area contributed by atoms with Crippen molar-refractivity contribution >= 4 is 0 Å². The standard InChI is InChI=1S/C40H64O7/c1-6-31-11-29-12-36(16-31,37(13-29,17-31)45-27-33(8-3)21-42-22-33)44-25-32(7-2,20-41)26-46-38-14-30-15-39(47-28-34(9-4)23-43-24-34)19-35(10-5,18-38)40(30,38)39/h29-30,41H,6-28H2,1-5H3. The molecule has 1 spiro atoms. The minimum atomic E-state index is -0.408. The van der Waals surface area contributed by atoms with Crippen molar-refractivity contribution in [2.45, 2.75) is 147 Å². The smallest absolute Gasteiger partial charge is 0.0979 e. The van der Waals surface area contributed by atoms with Gasteiger partial charge in [0.15, 0.2) is 0 Å². The molecule has 4 bridgehead atoms. The largest absolute Gasteiger partial charge is 0.396 e. The van der Waals surface area contributed by atoms with E-state index in [0.29, 0.717) is 30.0 Å². The highest BCUT2D eigenvalue weighted by Gasteiger charge is 3.00. The topological polar surface area (TPSA) is 75.6 Å². The fourth-order valence-electron chi connectivity index (χ4n) is 14.5. The van der Waals surface area contributed by atoms with Gasteiger partial charge in [-0.25, -0.2) is 0 Å². The molecular weight excluding hydrogens is 592 g/mol. The van der Waals surface area contributed by atoms with Gasteiger partial charge in [-0.3, -0.25) is 0 Å². The van der Waals surface area contributed by atoms with Crippen LogP contribution in [0.1, 0.15) is 125 Å². The second-order valence-electron chi connectivity index (χ2n) is 19.4. The van der Waals surface area contributed by atoms with Gasteiger partial charge in [-0.1, -0.05) is 41.0 Å². The Kier molecular flexibility index (Phi) is 7.07. The van der Waals surface area contributed by atoms with E-state index in [1.165, 1.54) is 38.5 Å². The van der Waals surface area contributed by atoms with E-state index in [4.69, 9.17) is 28.4 Å². The molecule has 0 amide bonds. The Morgan fingerprint density at radius 1 is 0.617 bits per heavy atom. The molecule has 2 saturated heterocycles. The van der Waals surface area contributed by atoms with Crippen LogP contribution in [0.2, 0.25) is 0 Å². The fraction of sp³-hybridized carbons (Fsp3) is 1.00. The highest BCUT2D eigenvalue weighted by Crippen LogP contribution is 2.97. The Balaban J connectivity index is 0.915.